The molecular weight excluding hydrogens is 1090 g/mol. The SMILES string of the molecule is O=C(O)CCCCCCCOC(=O)c1c(Cl)c(Cl)c(Cl)c(Cl)c1C1=C2C=C(I)C(=O)C=C2C(I)c2c1cc(I)c(O)c2I. The first-order valence-electron chi connectivity index (χ1n) is 12.8. The summed E-state index contributed by atoms with van der Waals surface area (Å²) in [4.78, 5) is 37.2. The molecular formula is C29H20Cl4I4O6. The van der Waals surface area contributed by atoms with Crippen LogP contribution in [-0.4, -0.2) is 34.5 Å². The Balaban J connectivity index is 1.85. The number of benzene rings is 2. The Kier molecular flexibility index (Phi) is 12.9. The molecule has 43 heavy (non-hydrogen) atoms. The average Bonchev–Trinajstić information content (AvgIpc) is 2.95. The molecule has 14 heteroatoms. The first-order valence-corrected chi connectivity index (χ1v) is 18.8. The molecule has 2 aliphatic carbocycles. The van der Waals surface area contributed by atoms with Crippen LogP contribution in [0.1, 0.15) is 69.5 Å². The van der Waals surface area contributed by atoms with E-state index in [0.29, 0.717) is 45.8 Å². The minimum absolute atomic E-state index is 0.000412. The number of carbonyl (C=O) groups excluding carboxylic acids is 2. The maximum absolute atomic E-state index is 13.7. The number of aromatic hydroxyl groups is 1. The number of hydrogen-bond donors (Lipinski definition) is 2. The van der Waals surface area contributed by atoms with Gasteiger partial charge in [-0.25, -0.2) is 4.79 Å². The first-order chi connectivity index (χ1) is 20.3. The zero-order chi connectivity index (χ0) is 31.7. The number of phenols is 1. The molecule has 0 heterocycles. The molecule has 0 aliphatic heterocycles. The number of rotatable bonds is 10. The monoisotopic (exact) mass is 1110 g/mol. The summed E-state index contributed by atoms with van der Waals surface area (Å²) in [5, 5.41) is 19.4. The highest BCUT2D eigenvalue weighted by atomic mass is 127. The van der Waals surface area contributed by atoms with Gasteiger partial charge in [0.2, 0.25) is 0 Å². The van der Waals surface area contributed by atoms with Gasteiger partial charge >= 0.3 is 11.9 Å². The number of allylic oxidation sites excluding steroid dienone is 5. The highest BCUT2D eigenvalue weighted by Crippen LogP contribution is 2.56. The van der Waals surface area contributed by atoms with Crippen molar-refractivity contribution in [2.24, 2.45) is 0 Å². The number of ketones is 1. The van der Waals surface area contributed by atoms with Crippen molar-refractivity contribution < 1.29 is 29.3 Å². The van der Waals surface area contributed by atoms with Crippen LogP contribution >= 0.6 is 137 Å². The fraction of sp³-hybridized carbons (Fsp3) is 0.276. The predicted molar refractivity (Wildman–Crippen MR) is 204 cm³/mol. The molecule has 0 fully saturated rings. The van der Waals surface area contributed by atoms with Gasteiger partial charge in [-0.05, 0) is 127 Å². The number of phenolic OH excluding ortho intramolecular Hbond substituents is 1. The van der Waals surface area contributed by atoms with Gasteiger partial charge in [0.05, 0.1) is 46.9 Å². The number of aliphatic carboxylic acids is 1. The van der Waals surface area contributed by atoms with Gasteiger partial charge in [-0.2, -0.15) is 0 Å². The molecule has 2 aliphatic rings. The molecule has 0 radical (unpaired) electrons. The third-order valence-corrected chi connectivity index (χ3v) is 12.7. The lowest BCUT2D eigenvalue weighted by molar-refractivity contribution is -0.137. The number of ether oxygens (including phenoxy) is 1. The van der Waals surface area contributed by atoms with E-state index in [9.17, 15) is 19.5 Å². The molecule has 1 unspecified atom stereocenters. The molecule has 2 N–H and O–H groups in total. The third kappa shape index (κ3) is 7.51. The van der Waals surface area contributed by atoms with Crippen LogP contribution in [0.3, 0.4) is 0 Å². The Morgan fingerprint density at radius 3 is 2.21 bits per heavy atom. The van der Waals surface area contributed by atoms with Gasteiger partial charge in [0.1, 0.15) is 5.75 Å². The number of halogens is 8. The molecule has 2 aromatic carbocycles. The summed E-state index contributed by atoms with van der Waals surface area (Å²) >= 11 is 35.0. The summed E-state index contributed by atoms with van der Waals surface area (Å²) in [7, 11) is 0. The lowest BCUT2D eigenvalue weighted by atomic mass is 9.76. The normalized spacial score (nSPS) is 16.0. The fourth-order valence-corrected chi connectivity index (χ4v) is 10.1. The van der Waals surface area contributed by atoms with Crippen molar-refractivity contribution in [3.8, 4) is 5.75 Å². The Morgan fingerprint density at radius 2 is 1.53 bits per heavy atom. The summed E-state index contributed by atoms with van der Waals surface area (Å²) in [5.74, 6) is -1.61. The zero-order valence-corrected chi connectivity index (χ0v) is 33.5. The minimum atomic E-state index is -0.818. The smallest absolute Gasteiger partial charge is 0.340 e. The van der Waals surface area contributed by atoms with E-state index in [2.05, 4.69) is 45.2 Å². The van der Waals surface area contributed by atoms with E-state index < -0.39 is 11.9 Å². The van der Waals surface area contributed by atoms with Crippen LogP contribution in [-0.2, 0) is 14.3 Å². The van der Waals surface area contributed by atoms with Crippen LogP contribution in [0.15, 0.2) is 32.9 Å². The van der Waals surface area contributed by atoms with Crippen molar-refractivity contribution in [1.29, 1.82) is 0 Å². The Hall–Kier alpha value is 0.150. The minimum Gasteiger partial charge on any atom is -0.506 e. The van der Waals surface area contributed by atoms with Crippen molar-refractivity contribution in [1.82, 2.24) is 0 Å². The van der Waals surface area contributed by atoms with Crippen LogP contribution in [0.5, 0.6) is 5.75 Å². The first kappa shape index (κ1) is 36.0. The fourth-order valence-electron chi connectivity index (χ4n) is 4.85. The second-order valence-corrected chi connectivity index (χ2v) is 15.8. The number of carboxylic acid groups (broad SMARTS) is 1. The Bertz CT molecular complexity index is 1650. The van der Waals surface area contributed by atoms with E-state index in [1.807, 2.05) is 51.2 Å². The van der Waals surface area contributed by atoms with Crippen LogP contribution < -0.4 is 0 Å². The van der Waals surface area contributed by atoms with Gasteiger partial charge in [0.25, 0.3) is 0 Å². The summed E-state index contributed by atoms with van der Waals surface area (Å²) in [6.45, 7) is 0.102. The summed E-state index contributed by atoms with van der Waals surface area (Å²) in [6.07, 6.45) is 6.93. The highest BCUT2D eigenvalue weighted by molar-refractivity contribution is 14.1. The molecule has 2 aromatic rings. The Labute approximate surface area is 322 Å². The molecule has 6 nitrogen and oxygen atoms in total. The third-order valence-electron chi connectivity index (χ3n) is 6.89. The van der Waals surface area contributed by atoms with Crippen molar-refractivity contribution in [3.05, 3.63) is 82.4 Å². The molecule has 0 aromatic heterocycles. The predicted octanol–water partition coefficient (Wildman–Crippen LogP) is 10.9. The zero-order valence-electron chi connectivity index (χ0n) is 21.8. The summed E-state index contributed by atoms with van der Waals surface area (Å²) < 4.78 is 7.01. The van der Waals surface area contributed by atoms with E-state index in [-0.39, 0.29) is 59.7 Å². The van der Waals surface area contributed by atoms with Crippen molar-refractivity contribution >= 4 is 160 Å². The van der Waals surface area contributed by atoms with Gasteiger partial charge < -0.3 is 14.9 Å². The molecule has 228 valence electrons. The van der Waals surface area contributed by atoms with E-state index >= 15 is 0 Å². The molecule has 0 amide bonds. The van der Waals surface area contributed by atoms with Crippen LogP contribution in [0.4, 0.5) is 0 Å². The number of esters is 1. The van der Waals surface area contributed by atoms with Crippen LogP contribution in [0.2, 0.25) is 20.1 Å². The number of alkyl halides is 1. The van der Waals surface area contributed by atoms with Gasteiger partial charge in [-0.1, -0.05) is 88.3 Å². The van der Waals surface area contributed by atoms with E-state index in [4.69, 9.17) is 56.2 Å². The number of fused-ring (bicyclic) bond motifs is 2. The van der Waals surface area contributed by atoms with E-state index in [1.54, 1.807) is 12.2 Å². The molecule has 0 saturated heterocycles. The van der Waals surface area contributed by atoms with E-state index in [0.717, 1.165) is 24.8 Å². The quantitative estimate of drug-likeness (QED) is 0.0614. The van der Waals surface area contributed by atoms with Gasteiger partial charge in [0, 0.05) is 12.0 Å². The number of carboxylic acids is 1. The van der Waals surface area contributed by atoms with Gasteiger partial charge in [0.15, 0.2) is 5.78 Å². The number of unbranched alkanes of at least 4 members (excludes halogenated alkanes) is 4. The van der Waals surface area contributed by atoms with Crippen molar-refractivity contribution in [2.75, 3.05) is 6.61 Å². The van der Waals surface area contributed by atoms with Crippen molar-refractivity contribution in [2.45, 2.75) is 42.4 Å². The highest BCUT2D eigenvalue weighted by Gasteiger charge is 2.39. The lowest BCUT2D eigenvalue weighted by Gasteiger charge is -2.33. The second kappa shape index (κ2) is 15.4. The maximum atomic E-state index is 13.7. The lowest BCUT2D eigenvalue weighted by Crippen LogP contribution is -2.19. The second-order valence-electron chi connectivity index (χ2n) is 9.64. The molecule has 0 bridgehead atoms. The number of carbonyl (C=O) groups is 3. The maximum Gasteiger partial charge on any atom is 0.340 e. The van der Waals surface area contributed by atoms with Crippen LogP contribution in [0.25, 0.3) is 5.57 Å². The molecule has 0 saturated carbocycles. The topological polar surface area (TPSA) is 101 Å². The van der Waals surface area contributed by atoms with Crippen molar-refractivity contribution in [3.63, 3.8) is 0 Å². The standard InChI is InChI=1S/C29H20Cl4I4O6/c30-22-20(21(23(31)25(33)24(22)32)29(42)43-7-5-3-1-2-4-6-17(39)40)18-11-8-14(34)16(38)10-12(11)26(36)19-13(18)9-15(35)28(41)27(19)37/h8-10,26,41H,1-7H2,(H,39,40). The Morgan fingerprint density at radius 1 is 0.907 bits per heavy atom. The van der Waals surface area contributed by atoms with Gasteiger partial charge in [-0.15, -0.1) is 0 Å². The van der Waals surface area contributed by atoms with Crippen LogP contribution in [0, 0.1) is 7.14 Å². The average molecular weight is 1110 g/mol. The van der Waals surface area contributed by atoms with Gasteiger partial charge in [-0.3, -0.25) is 9.59 Å². The largest absolute Gasteiger partial charge is 0.506 e. The molecule has 0 spiro atoms. The molecule has 1 atom stereocenters. The summed E-state index contributed by atoms with van der Waals surface area (Å²) in [5.41, 5.74) is 3.48. The summed E-state index contributed by atoms with van der Waals surface area (Å²) in [6, 6.07) is 1.81. The number of hydrogen-bond acceptors (Lipinski definition) is 5. The van der Waals surface area contributed by atoms with E-state index in [1.165, 1.54) is 0 Å². The molecule has 4 rings (SSSR count).